The fourth-order valence-corrected chi connectivity index (χ4v) is 3.31. The quantitative estimate of drug-likeness (QED) is 0.822. The van der Waals surface area contributed by atoms with E-state index in [-0.39, 0.29) is 11.9 Å². The molecule has 0 aliphatic carbocycles. The molecule has 1 saturated heterocycles. The molecule has 2 aromatic rings. The van der Waals surface area contributed by atoms with Gasteiger partial charge in [-0.15, -0.1) is 0 Å². The van der Waals surface area contributed by atoms with Gasteiger partial charge in [0.2, 0.25) is 5.91 Å². The molecular weight excluding hydrogens is 312 g/mol. The molecule has 5 nitrogen and oxygen atoms in total. The van der Waals surface area contributed by atoms with Crippen LogP contribution >= 0.6 is 0 Å². The second kappa shape index (κ2) is 8.12. The molecule has 0 saturated carbocycles. The molecular formula is C20H26N4O. The van der Waals surface area contributed by atoms with Crippen molar-refractivity contribution < 1.29 is 4.79 Å². The summed E-state index contributed by atoms with van der Waals surface area (Å²) in [6.07, 6.45) is 4.64. The van der Waals surface area contributed by atoms with Gasteiger partial charge in [-0.1, -0.05) is 18.2 Å². The normalized spacial score (nSPS) is 15.9. The van der Waals surface area contributed by atoms with E-state index in [1.165, 1.54) is 12.8 Å². The summed E-state index contributed by atoms with van der Waals surface area (Å²) in [6, 6.07) is 13.4. The average molecular weight is 338 g/mol. The Hall–Kier alpha value is -2.40. The van der Waals surface area contributed by atoms with E-state index in [4.69, 9.17) is 5.73 Å². The van der Waals surface area contributed by atoms with Crippen molar-refractivity contribution in [2.45, 2.75) is 25.3 Å². The fraction of sp³-hybridized carbons (Fsp3) is 0.400. The number of carbonyl (C=O) groups excluding carboxylic acids is 1. The predicted molar refractivity (Wildman–Crippen MR) is 100.0 cm³/mol. The van der Waals surface area contributed by atoms with Gasteiger partial charge in [0, 0.05) is 25.5 Å². The maximum Gasteiger partial charge on any atom is 0.227 e. The lowest BCUT2D eigenvalue weighted by atomic mass is 10.1. The number of likely N-dealkylation sites (N-methyl/N-ethyl adjacent to an activating group) is 1. The molecule has 2 N–H and O–H groups in total. The highest BCUT2D eigenvalue weighted by atomic mass is 16.2. The van der Waals surface area contributed by atoms with E-state index in [0.717, 1.165) is 30.9 Å². The topological polar surface area (TPSA) is 62.5 Å². The van der Waals surface area contributed by atoms with Gasteiger partial charge in [0.1, 0.15) is 0 Å². The second-order valence-corrected chi connectivity index (χ2v) is 6.70. The number of nitrogens with two attached hydrogens (primary N) is 1. The van der Waals surface area contributed by atoms with Crippen molar-refractivity contribution in [3.8, 4) is 0 Å². The van der Waals surface area contributed by atoms with Crippen LogP contribution in [0.5, 0.6) is 0 Å². The molecule has 0 spiro atoms. The molecule has 3 rings (SSSR count). The maximum absolute atomic E-state index is 12.8. The molecule has 1 amide bonds. The fourth-order valence-electron chi connectivity index (χ4n) is 3.31. The molecule has 0 radical (unpaired) electrons. The van der Waals surface area contributed by atoms with E-state index in [0.29, 0.717) is 12.1 Å². The number of anilines is 1. The van der Waals surface area contributed by atoms with Crippen LogP contribution < -0.4 is 5.73 Å². The Labute approximate surface area is 149 Å². The maximum atomic E-state index is 12.8. The Morgan fingerprint density at radius 2 is 1.92 bits per heavy atom. The molecule has 1 aromatic carbocycles. The predicted octanol–water partition coefficient (Wildman–Crippen LogP) is 2.50. The average Bonchev–Trinajstić information content (AvgIpc) is 3.15. The van der Waals surface area contributed by atoms with Gasteiger partial charge < -0.3 is 15.5 Å². The number of nitrogen functional groups attached to an aromatic ring is 1. The first-order valence-corrected chi connectivity index (χ1v) is 8.87. The zero-order valence-corrected chi connectivity index (χ0v) is 14.8. The van der Waals surface area contributed by atoms with Gasteiger partial charge in [0.25, 0.3) is 0 Å². The zero-order chi connectivity index (χ0) is 17.6. The Kier molecular flexibility index (Phi) is 5.66. The minimum absolute atomic E-state index is 0.0272. The Balaban J connectivity index is 1.74. The van der Waals surface area contributed by atoms with E-state index < -0.39 is 0 Å². The van der Waals surface area contributed by atoms with Crippen LogP contribution in [0, 0.1) is 0 Å². The largest absolute Gasteiger partial charge is 0.399 e. The van der Waals surface area contributed by atoms with Crippen LogP contribution in [0.1, 0.15) is 30.1 Å². The third kappa shape index (κ3) is 4.57. The molecule has 2 heterocycles. The second-order valence-electron chi connectivity index (χ2n) is 6.70. The van der Waals surface area contributed by atoms with E-state index in [1.807, 2.05) is 54.4 Å². The minimum Gasteiger partial charge on any atom is -0.399 e. The van der Waals surface area contributed by atoms with Crippen LogP contribution in [-0.4, -0.2) is 47.4 Å². The van der Waals surface area contributed by atoms with Crippen LogP contribution in [0.2, 0.25) is 0 Å². The summed E-state index contributed by atoms with van der Waals surface area (Å²) in [7, 11) is 1.88. The van der Waals surface area contributed by atoms with E-state index in [9.17, 15) is 4.79 Å². The number of carbonyl (C=O) groups is 1. The summed E-state index contributed by atoms with van der Waals surface area (Å²) in [5.74, 6) is 0.0969. The Morgan fingerprint density at radius 1 is 1.20 bits per heavy atom. The number of aromatic nitrogens is 1. The first-order valence-electron chi connectivity index (χ1n) is 8.87. The molecule has 132 valence electrons. The van der Waals surface area contributed by atoms with Crippen molar-refractivity contribution in [2.75, 3.05) is 32.4 Å². The highest BCUT2D eigenvalue weighted by Gasteiger charge is 2.26. The van der Waals surface area contributed by atoms with E-state index in [1.54, 1.807) is 6.20 Å². The summed E-state index contributed by atoms with van der Waals surface area (Å²) >= 11 is 0. The summed E-state index contributed by atoms with van der Waals surface area (Å²) in [6.45, 7) is 3.04. The minimum atomic E-state index is -0.0272. The van der Waals surface area contributed by atoms with Gasteiger partial charge >= 0.3 is 0 Å². The van der Waals surface area contributed by atoms with E-state index in [2.05, 4.69) is 9.88 Å². The van der Waals surface area contributed by atoms with Gasteiger partial charge in [-0.05, 0) is 55.8 Å². The van der Waals surface area contributed by atoms with Gasteiger partial charge in [0.15, 0.2) is 0 Å². The summed E-state index contributed by atoms with van der Waals surface area (Å²) in [5.41, 5.74) is 8.36. The number of likely N-dealkylation sites (tertiary alicyclic amines) is 1. The molecule has 5 heteroatoms. The number of benzene rings is 1. The third-order valence-electron chi connectivity index (χ3n) is 4.85. The molecule has 0 bridgehead atoms. The van der Waals surface area contributed by atoms with Gasteiger partial charge in [-0.3, -0.25) is 9.78 Å². The summed E-state index contributed by atoms with van der Waals surface area (Å²) < 4.78 is 0. The number of pyridine rings is 1. The van der Waals surface area contributed by atoms with Gasteiger partial charge in [0.05, 0.1) is 18.2 Å². The van der Waals surface area contributed by atoms with Crippen molar-refractivity contribution >= 4 is 11.6 Å². The first kappa shape index (κ1) is 17.4. The summed E-state index contributed by atoms with van der Waals surface area (Å²) in [5, 5.41) is 0. The van der Waals surface area contributed by atoms with Crippen molar-refractivity contribution in [1.82, 2.24) is 14.8 Å². The SMILES string of the molecule is CN(C(=O)Cc1ccc(N)cc1)C(CN1CCCC1)c1ccccn1. The highest BCUT2D eigenvalue weighted by Crippen LogP contribution is 2.22. The number of rotatable bonds is 6. The lowest BCUT2D eigenvalue weighted by molar-refractivity contribution is -0.131. The number of nitrogens with zero attached hydrogens (tertiary/aromatic N) is 3. The smallest absolute Gasteiger partial charge is 0.227 e. The van der Waals surface area contributed by atoms with Crippen molar-refractivity contribution in [3.05, 3.63) is 59.9 Å². The van der Waals surface area contributed by atoms with E-state index >= 15 is 0 Å². The molecule has 1 aliphatic rings. The van der Waals surface area contributed by atoms with Crippen molar-refractivity contribution in [3.63, 3.8) is 0 Å². The molecule has 25 heavy (non-hydrogen) atoms. The molecule has 1 aliphatic heterocycles. The molecule has 1 aromatic heterocycles. The Morgan fingerprint density at radius 3 is 2.56 bits per heavy atom. The number of amides is 1. The van der Waals surface area contributed by atoms with Crippen LogP contribution in [0.15, 0.2) is 48.7 Å². The summed E-state index contributed by atoms with van der Waals surface area (Å²) in [4.78, 5) is 21.6. The third-order valence-corrected chi connectivity index (χ3v) is 4.85. The molecule has 1 unspecified atom stereocenters. The molecule has 1 atom stereocenters. The van der Waals surface area contributed by atoms with Gasteiger partial charge in [-0.2, -0.15) is 0 Å². The van der Waals surface area contributed by atoms with Crippen LogP contribution in [0.25, 0.3) is 0 Å². The monoisotopic (exact) mass is 338 g/mol. The Bertz CT molecular complexity index is 681. The van der Waals surface area contributed by atoms with Crippen LogP contribution in [0.3, 0.4) is 0 Å². The standard InChI is InChI=1S/C20H26N4O/c1-23(20(25)14-16-7-9-17(21)10-8-16)19(15-24-12-4-5-13-24)18-6-2-3-11-22-18/h2-3,6-11,19H,4-5,12-15,21H2,1H3. The van der Waals surface area contributed by atoms with Crippen molar-refractivity contribution in [2.24, 2.45) is 0 Å². The van der Waals surface area contributed by atoms with Crippen molar-refractivity contribution in [1.29, 1.82) is 0 Å². The van der Waals surface area contributed by atoms with Crippen LogP contribution in [-0.2, 0) is 11.2 Å². The molecule has 1 fully saturated rings. The van der Waals surface area contributed by atoms with Gasteiger partial charge in [-0.25, -0.2) is 0 Å². The number of hydrogen-bond donors (Lipinski definition) is 1. The first-order chi connectivity index (χ1) is 12.1. The lowest BCUT2D eigenvalue weighted by Crippen LogP contribution is -2.39. The highest BCUT2D eigenvalue weighted by molar-refractivity contribution is 5.79. The number of hydrogen-bond acceptors (Lipinski definition) is 4. The zero-order valence-electron chi connectivity index (χ0n) is 14.8. The van der Waals surface area contributed by atoms with Crippen LogP contribution in [0.4, 0.5) is 5.69 Å². The lowest BCUT2D eigenvalue weighted by Gasteiger charge is -2.31.